The van der Waals surface area contributed by atoms with E-state index in [2.05, 4.69) is 13.8 Å². The van der Waals surface area contributed by atoms with E-state index in [1.165, 1.54) is 0 Å². The number of hydrogen-bond acceptors (Lipinski definition) is 4. The zero-order valence-corrected chi connectivity index (χ0v) is 17.3. The van der Waals surface area contributed by atoms with E-state index in [1.54, 1.807) is 12.1 Å². The van der Waals surface area contributed by atoms with Gasteiger partial charge in [0.2, 0.25) is 0 Å². The van der Waals surface area contributed by atoms with Gasteiger partial charge in [-0.05, 0) is 69.3 Å². The Morgan fingerprint density at radius 1 is 1.15 bits per heavy atom. The minimum Gasteiger partial charge on any atom is -0.480 e. The first-order valence-electron chi connectivity index (χ1n) is 9.77. The van der Waals surface area contributed by atoms with Crippen LogP contribution in [0.2, 0.25) is 0 Å². The van der Waals surface area contributed by atoms with E-state index in [4.69, 9.17) is 15.0 Å². The number of carbonyl (C=O) groups is 1. The Kier molecular flexibility index (Phi) is 4.77. The van der Waals surface area contributed by atoms with Crippen LogP contribution in [-0.2, 0) is 19.6 Å². The van der Waals surface area contributed by atoms with Crippen molar-refractivity contribution in [3.05, 3.63) is 29.8 Å². The summed E-state index contributed by atoms with van der Waals surface area (Å²) in [5.41, 5.74) is 5.59. The lowest BCUT2D eigenvalue weighted by molar-refractivity contribution is -0.145. The van der Waals surface area contributed by atoms with Crippen LogP contribution < -0.4 is 11.2 Å². The molecule has 3 rings (SSSR count). The van der Waals surface area contributed by atoms with E-state index < -0.39 is 29.8 Å². The summed E-state index contributed by atoms with van der Waals surface area (Å²) in [4.78, 5) is 12.1. The van der Waals surface area contributed by atoms with Crippen LogP contribution in [0.15, 0.2) is 24.3 Å². The van der Waals surface area contributed by atoms with Crippen LogP contribution in [0.3, 0.4) is 0 Å². The van der Waals surface area contributed by atoms with Crippen LogP contribution in [0.5, 0.6) is 0 Å². The average Bonchev–Trinajstić information content (AvgIpc) is 3.35. The molecule has 1 heterocycles. The third-order valence-corrected chi connectivity index (χ3v) is 6.75. The molecule has 2 aliphatic rings. The zero-order valence-electron chi connectivity index (χ0n) is 17.3. The standard InChI is InChI=1S/C21H32BNO4/c1-18(2,14-7-8-14)13-21(23,17(24)25)15-9-11-16(12-10-15)22-26-19(3,4)20(5,6)27-22/h9-12,14H,7-8,13,23H2,1-6H3,(H,24,25)/t21-/m1/s1. The van der Waals surface area contributed by atoms with Crippen molar-refractivity contribution < 1.29 is 19.2 Å². The monoisotopic (exact) mass is 373 g/mol. The molecule has 1 aliphatic heterocycles. The first kappa shape index (κ1) is 20.4. The second-order valence-electron chi connectivity index (χ2n) is 9.93. The first-order valence-corrected chi connectivity index (χ1v) is 9.77. The van der Waals surface area contributed by atoms with E-state index in [0.29, 0.717) is 17.9 Å². The van der Waals surface area contributed by atoms with Crippen LogP contribution in [0.25, 0.3) is 0 Å². The number of nitrogens with two attached hydrogens (primary N) is 1. The molecule has 148 valence electrons. The molecular formula is C21H32BNO4. The predicted molar refractivity (Wildman–Crippen MR) is 107 cm³/mol. The average molecular weight is 373 g/mol. The fourth-order valence-corrected chi connectivity index (χ4v) is 3.95. The molecule has 2 fully saturated rings. The van der Waals surface area contributed by atoms with Crippen molar-refractivity contribution in [2.75, 3.05) is 0 Å². The number of rotatable bonds is 6. The van der Waals surface area contributed by atoms with Gasteiger partial charge in [-0.2, -0.15) is 0 Å². The summed E-state index contributed by atoms with van der Waals surface area (Å²) in [5.74, 6) is -0.427. The van der Waals surface area contributed by atoms with Crippen LogP contribution in [-0.4, -0.2) is 29.4 Å². The van der Waals surface area contributed by atoms with Gasteiger partial charge in [0.25, 0.3) is 0 Å². The fraction of sp³-hybridized carbons (Fsp3) is 0.667. The van der Waals surface area contributed by atoms with E-state index in [0.717, 1.165) is 18.3 Å². The van der Waals surface area contributed by atoms with Gasteiger partial charge in [0, 0.05) is 0 Å². The normalized spacial score (nSPS) is 23.9. The molecule has 1 aliphatic carbocycles. The topological polar surface area (TPSA) is 81.8 Å². The maximum Gasteiger partial charge on any atom is 0.494 e. The third kappa shape index (κ3) is 3.67. The molecular weight excluding hydrogens is 341 g/mol. The van der Waals surface area contributed by atoms with Crippen LogP contribution in [0.1, 0.15) is 66.4 Å². The van der Waals surface area contributed by atoms with E-state index >= 15 is 0 Å². The number of aliphatic carboxylic acids is 1. The van der Waals surface area contributed by atoms with Crippen molar-refractivity contribution in [2.45, 2.75) is 77.5 Å². The van der Waals surface area contributed by atoms with Crippen molar-refractivity contribution in [3.63, 3.8) is 0 Å². The first-order chi connectivity index (χ1) is 12.3. The van der Waals surface area contributed by atoms with Gasteiger partial charge in [-0.15, -0.1) is 0 Å². The highest BCUT2D eigenvalue weighted by Crippen LogP contribution is 2.50. The lowest BCUT2D eigenvalue weighted by atomic mass is 9.71. The molecule has 27 heavy (non-hydrogen) atoms. The Hall–Kier alpha value is -1.37. The van der Waals surface area contributed by atoms with Crippen molar-refractivity contribution in [2.24, 2.45) is 17.1 Å². The Morgan fingerprint density at radius 2 is 1.63 bits per heavy atom. The van der Waals surface area contributed by atoms with E-state index in [9.17, 15) is 9.90 Å². The molecule has 6 heteroatoms. The summed E-state index contributed by atoms with van der Waals surface area (Å²) in [6, 6.07) is 7.34. The molecule has 1 aromatic carbocycles. The Bertz CT molecular complexity index is 708. The summed E-state index contributed by atoms with van der Waals surface area (Å²) in [7, 11) is -0.469. The smallest absolute Gasteiger partial charge is 0.480 e. The van der Waals surface area contributed by atoms with Gasteiger partial charge in [-0.1, -0.05) is 38.1 Å². The highest BCUT2D eigenvalue weighted by Gasteiger charge is 2.52. The second kappa shape index (κ2) is 6.33. The molecule has 0 aromatic heterocycles. The zero-order chi connectivity index (χ0) is 20.3. The lowest BCUT2D eigenvalue weighted by Crippen LogP contribution is -2.48. The van der Waals surface area contributed by atoms with Gasteiger partial charge in [-0.25, -0.2) is 4.79 Å². The highest BCUT2D eigenvalue weighted by molar-refractivity contribution is 6.62. The van der Waals surface area contributed by atoms with Gasteiger partial charge in [0.05, 0.1) is 11.2 Å². The van der Waals surface area contributed by atoms with Crippen LogP contribution in [0.4, 0.5) is 0 Å². The van der Waals surface area contributed by atoms with Crippen LogP contribution in [0, 0.1) is 11.3 Å². The Labute approximate surface area is 162 Å². The van der Waals surface area contributed by atoms with Gasteiger partial charge < -0.3 is 20.1 Å². The summed E-state index contributed by atoms with van der Waals surface area (Å²) in [5, 5.41) is 9.90. The predicted octanol–water partition coefficient (Wildman–Crippen LogP) is 3.05. The van der Waals surface area contributed by atoms with Gasteiger partial charge >= 0.3 is 13.1 Å². The molecule has 1 atom stereocenters. The highest BCUT2D eigenvalue weighted by atomic mass is 16.7. The quantitative estimate of drug-likeness (QED) is 0.749. The maximum absolute atomic E-state index is 12.1. The Balaban J connectivity index is 1.83. The molecule has 0 spiro atoms. The summed E-state index contributed by atoms with van der Waals surface area (Å²) in [6.45, 7) is 12.3. The molecule has 0 unspecified atom stereocenters. The van der Waals surface area contributed by atoms with Gasteiger partial charge in [-0.3, -0.25) is 0 Å². The summed E-state index contributed by atoms with van der Waals surface area (Å²) in [6.07, 6.45) is 2.73. The SMILES string of the molecule is CC(C)(C[C@](N)(C(=O)O)c1ccc(B2OC(C)(C)C(C)(C)O2)cc1)C1CC1. The molecule has 0 amide bonds. The molecule has 5 nitrogen and oxygen atoms in total. The lowest BCUT2D eigenvalue weighted by Gasteiger charge is -2.35. The molecule has 0 radical (unpaired) electrons. The van der Waals surface area contributed by atoms with Crippen LogP contribution >= 0.6 is 0 Å². The molecule has 0 bridgehead atoms. The molecule has 1 saturated carbocycles. The van der Waals surface area contributed by atoms with Crippen molar-refractivity contribution in [3.8, 4) is 0 Å². The number of hydrogen-bond donors (Lipinski definition) is 2. The van der Waals surface area contributed by atoms with Crippen molar-refractivity contribution in [1.82, 2.24) is 0 Å². The minimum atomic E-state index is -1.40. The number of carboxylic acid groups (broad SMARTS) is 1. The fourth-order valence-electron chi connectivity index (χ4n) is 3.95. The summed E-state index contributed by atoms with van der Waals surface area (Å²) >= 11 is 0. The second-order valence-corrected chi connectivity index (χ2v) is 9.93. The largest absolute Gasteiger partial charge is 0.494 e. The molecule has 1 aromatic rings. The Morgan fingerprint density at radius 3 is 2.04 bits per heavy atom. The minimum absolute atomic E-state index is 0.0997. The maximum atomic E-state index is 12.1. The van der Waals surface area contributed by atoms with E-state index in [1.807, 2.05) is 39.8 Å². The summed E-state index contributed by atoms with van der Waals surface area (Å²) < 4.78 is 12.1. The van der Waals surface area contributed by atoms with E-state index in [-0.39, 0.29) is 5.41 Å². The number of carboxylic acids is 1. The van der Waals surface area contributed by atoms with Crippen molar-refractivity contribution in [1.29, 1.82) is 0 Å². The van der Waals surface area contributed by atoms with Gasteiger partial charge in [0.1, 0.15) is 5.54 Å². The molecule has 3 N–H and O–H groups in total. The van der Waals surface area contributed by atoms with Crippen molar-refractivity contribution >= 4 is 18.6 Å². The van der Waals surface area contributed by atoms with Gasteiger partial charge in [0.15, 0.2) is 0 Å². The number of benzene rings is 1. The molecule has 1 saturated heterocycles. The third-order valence-electron chi connectivity index (χ3n) is 6.75.